The molecule has 7 heteroatoms. The van der Waals surface area contributed by atoms with Gasteiger partial charge in [0, 0.05) is 52.0 Å². The molecule has 0 aliphatic carbocycles. The van der Waals surface area contributed by atoms with Crippen LogP contribution in [0.15, 0.2) is 36.0 Å². The van der Waals surface area contributed by atoms with Crippen LogP contribution in [0.5, 0.6) is 5.75 Å². The van der Waals surface area contributed by atoms with Gasteiger partial charge in [0.1, 0.15) is 17.4 Å². The Hall–Kier alpha value is -2.56. The summed E-state index contributed by atoms with van der Waals surface area (Å²) in [6, 6.07) is 9.75. The number of hydrogen-bond donors (Lipinski definition) is 3. The van der Waals surface area contributed by atoms with E-state index in [1.54, 1.807) is 7.11 Å². The maximum atomic E-state index is 12.1. The molecule has 140 valence electrons. The van der Waals surface area contributed by atoms with Crippen LogP contribution in [0.4, 0.5) is 0 Å². The van der Waals surface area contributed by atoms with Crippen molar-refractivity contribution in [2.45, 2.75) is 6.42 Å². The molecule has 0 aromatic heterocycles. The number of hydrogen-bond acceptors (Lipinski definition) is 6. The van der Waals surface area contributed by atoms with Crippen molar-refractivity contribution in [3.8, 4) is 11.8 Å². The summed E-state index contributed by atoms with van der Waals surface area (Å²) in [5.74, 6) is 0.497. The van der Waals surface area contributed by atoms with Crippen molar-refractivity contribution in [2.75, 3.05) is 52.9 Å². The lowest BCUT2D eigenvalue weighted by Crippen LogP contribution is -2.46. The average Bonchev–Trinajstić information content (AvgIpc) is 2.69. The third kappa shape index (κ3) is 6.39. The summed E-state index contributed by atoms with van der Waals surface area (Å²) in [4.78, 5) is 14.4. The van der Waals surface area contributed by atoms with Gasteiger partial charge in [-0.3, -0.25) is 9.69 Å². The molecule has 1 amide bonds. The van der Waals surface area contributed by atoms with Crippen LogP contribution in [0.2, 0.25) is 0 Å². The topological polar surface area (TPSA) is 89.4 Å². The van der Waals surface area contributed by atoms with E-state index in [-0.39, 0.29) is 11.5 Å². The quantitative estimate of drug-likeness (QED) is 0.334. The van der Waals surface area contributed by atoms with Crippen LogP contribution in [0, 0.1) is 11.3 Å². The van der Waals surface area contributed by atoms with Gasteiger partial charge in [-0.25, -0.2) is 0 Å². The number of benzene rings is 1. The highest BCUT2D eigenvalue weighted by molar-refractivity contribution is 5.97. The average molecular weight is 357 g/mol. The lowest BCUT2D eigenvalue weighted by molar-refractivity contribution is -0.117. The summed E-state index contributed by atoms with van der Waals surface area (Å²) < 4.78 is 5.31. The van der Waals surface area contributed by atoms with Crippen LogP contribution in [0.1, 0.15) is 5.56 Å². The smallest absolute Gasteiger partial charge is 0.263 e. The lowest BCUT2D eigenvalue weighted by Gasteiger charge is -2.27. The highest BCUT2D eigenvalue weighted by Gasteiger charge is 2.11. The Morgan fingerprint density at radius 2 is 2.12 bits per heavy atom. The van der Waals surface area contributed by atoms with Gasteiger partial charge in [0.2, 0.25) is 0 Å². The fraction of sp³-hybridized carbons (Fsp3) is 0.474. The first-order valence-corrected chi connectivity index (χ1v) is 8.91. The zero-order valence-electron chi connectivity index (χ0n) is 15.3. The predicted octanol–water partition coefficient (Wildman–Crippen LogP) is 0.256. The molecule has 0 unspecified atom stereocenters. The van der Waals surface area contributed by atoms with E-state index < -0.39 is 0 Å². The van der Waals surface area contributed by atoms with E-state index in [2.05, 4.69) is 20.9 Å². The number of amides is 1. The molecule has 1 aromatic rings. The molecule has 1 aliphatic heterocycles. The zero-order chi connectivity index (χ0) is 18.6. The molecule has 0 bridgehead atoms. The maximum absolute atomic E-state index is 12.1. The Labute approximate surface area is 155 Å². The first-order chi connectivity index (χ1) is 12.7. The van der Waals surface area contributed by atoms with E-state index in [1.807, 2.05) is 30.3 Å². The number of nitrogens with one attached hydrogen (secondary N) is 3. The summed E-state index contributed by atoms with van der Waals surface area (Å²) >= 11 is 0. The minimum atomic E-state index is -0.340. The normalized spacial score (nSPS) is 15.2. The molecule has 1 heterocycles. The standard InChI is InChI=1S/C19H27N5O2/c1-26-18-5-3-2-4-16(18)6-7-22-15-17(14-20)19(25)23-10-13-24-11-8-21-9-12-24/h2-5,15,21-22H,6-13H2,1H3,(H,23,25)/b17-15-. The Bertz CT molecular complexity index is 648. The molecular weight excluding hydrogens is 330 g/mol. The van der Waals surface area contributed by atoms with Gasteiger partial charge in [0.15, 0.2) is 0 Å². The molecule has 1 aliphatic rings. The van der Waals surface area contributed by atoms with Gasteiger partial charge in [0.05, 0.1) is 7.11 Å². The Balaban J connectivity index is 1.72. The molecule has 0 radical (unpaired) electrons. The highest BCUT2D eigenvalue weighted by atomic mass is 16.5. The molecular formula is C19H27N5O2. The Morgan fingerprint density at radius 3 is 2.85 bits per heavy atom. The van der Waals surface area contributed by atoms with Crippen molar-refractivity contribution in [1.82, 2.24) is 20.9 Å². The van der Waals surface area contributed by atoms with Crippen molar-refractivity contribution in [3.63, 3.8) is 0 Å². The third-order valence-corrected chi connectivity index (χ3v) is 4.27. The first kappa shape index (κ1) is 19.8. The number of piperazine rings is 1. The predicted molar refractivity (Wildman–Crippen MR) is 101 cm³/mol. The van der Waals surface area contributed by atoms with Crippen LogP contribution in [0.3, 0.4) is 0 Å². The van der Waals surface area contributed by atoms with Gasteiger partial charge in [0.25, 0.3) is 5.91 Å². The molecule has 1 saturated heterocycles. The minimum Gasteiger partial charge on any atom is -0.496 e. The van der Waals surface area contributed by atoms with E-state index in [0.717, 1.165) is 50.5 Å². The monoisotopic (exact) mass is 357 g/mol. The van der Waals surface area contributed by atoms with Crippen molar-refractivity contribution in [1.29, 1.82) is 5.26 Å². The van der Waals surface area contributed by atoms with Gasteiger partial charge < -0.3 is 20.7 Å². The van der Waals surface area contributed by atoms with Crippen LogP contribution >= 0.6 is 0 Å². The summed E-state index contributed by atoms with van der Waals surface area (Å²) in [7, 11) is 1.64. The molecule has 1 fully saturated rings. The number of nitriles is 1. The third-order valence-electron chi connectivity index (χ3n) is 4.27. The summed E-state index contributed by atoms with van der Waals surface area (Å²) in [5, 5.41) is 18.3. The molecule has 26 heavy (non-hydrogen) atoms. The lowest BCUT2D eigenvalue weighted by atomic mass is 10.1. The molecule has 3 N–H and O–H groups in total. The van der Waals surface area contributed by atoms with Crippen molar-refractivity contribution >= 4 is 5.91 Å². The SMILES string of the molecule is COc1ccccc1CCN/C=C(/C#N)C(=O)NCCN1CCNCC1. The van der Waals surface area contributed by atoms with Crippen molar-refractivity contribution < 1.29 is 9.53 Å². The molecule has 1 aromatic carbocycles. The molecule has 2 rings (SSSR count). The van der Waals surface area contributed by atoms with E-state index in [1.165, 1.54) is 6.20 Å². The molecule has 0 spiro atoms. The fourth-order valence-electron chi connectivity index (χ4n) is 2.80. The van der Waals surface area contributed by atoms with Crippen LogP contribution < -0.4 is 20.7 Å². The first-order valence-electron chi connectivity index (χ1n) is 8.91. The van der Waals surface area contributed by atoms with Gasteiger partial charge in [-0.2, -0.15) is 5.26 Å². The number of rotatable bonds is 9. The minimum absolute atomic E-state index is 0.0883. The number of methoxy groups -OCH3 is 1. The van der Waals surface area contributed by atoms with E-state index in [9.17, 15) is 10.1 Å². The fourth-order valence-corrected chi connectivity index (χ4v) is 2.80. The summed E-state index contributed by atoms with van der Waals surface area (Å²) in [6.07, 6.45) is 2.22. The largest absolute Gasteiger partial charge is 0.496 e. The van der Waals surface area contributed by atoms with Crippen LogP contribution in [-0.2, 0) is 11.2 Å². The summed E-state index contributed by atoms with van der Waals surface area (Å²) in [5.41, 5.74) is 1.17. The van der Waals surface area contributed by atoms with Crippen LogP contribution in [0.25, 0.3) is 0 Å². The number of carbonyl (C=O) groups is 1. The van der Waals surface area contributed by atoms with Crippen molar-refractivity contribution in [3.05, 3.63) is 41.6 Å². The highest BCUT2D eigenvalue weighted by Crippen LogP contribution is 2.17. The van der Waals surface area contributed by atoms with E-state index in [0.29, 0.717) is 13.1 Å². The Morgan fingerprint density at radius 1 is 1.35 bits per heavy atom. The second kappa shape index (κ2) is 11.1. The number of para-hydroxylation sites is 1. The second-order valence-corrected chi connectivity index (χ2v) is 6.03. The maximum Gasteiger partial charge on any atom is 0.263 e. The van der Waals surface area contributed by atoms with Gasteiger partial charge in [-0.1, -0.05) is 18.2 Å². The van der Waals surface area contributed by atoms with E-state index >= 15 is 0 Å². The number of ether oxygens (including phenoxy) is 1. The van der Waals surface area contributed by atoms with E-state index in [4.69, 9.17) is 4.74 Å². The van der Waals surface area contributed by atoms with Gasteiger partial charge in [-0.15, -0.1) is 0 Å². The number of nitrogens with zero attached hydrogens (tertiary/aromatic N) is 2. The Kier molecular flexibility index (Phi) is 8.46. The summed E-state index contributed by atoms with van der Waals surface area (Å²) in [6.45, 7) is 5.88. The van der Waals surface area contributed by atoms with Crippen LogP contribution in [-0.4, -0.2) is 63.7 Å². The van der Waals surface area contributed by atoms with Gasteiger partial charge >= 0.3 is 0 Å². The van der Waals surface area contributed by atoms with Crippen molar-refractivity contribution in [2.24, 2.45) is 0 Å². The zero-order valence-corrected chi connectivity index (χ0v) is 15.3. The molecule has 0 saturated carbocycles. The molecule has 0 atom stereocenters. The molecule has 7 nitrogen and oxygen atoms in total. The number of carbonyl (C=O) groups excluding carboxylic acids is 1. The van der Waals surface area contributed by atoms with Gasteiger partial charge in [-0.05, 0) is 18.1 Å². The second-order valence-electron chi connectivity index (χ2n) is 6.03.